The zero-order valence-corrected chi connectivity index (χ0v) is 17.7. The fourth-order valence-corrected chi connectivity index (χ4v) is 4.52. The van der Waals surface area contributed by atoms with Crippen LogP contribution < -0.4 is 5.32 Å². The number of rotatable bonds is 7. The van der Waals surface area contributed by atoms with Crippen molar-refractivity contribution in [3.05, 3.63) is 102 Å². The average Bonchev–Trinajstić information content (AvgIpc) is 2.83. The van der Waals surface area contributed by atoms with E-state index in [1.807, 2.05) is 48.5 Å². The molecule has 4 heteroatoms. The van der Waals surface area contributed by atoms with Gasteiger partial charge in [-0.15, -0.1) is 0 Å². The molecule has 0 spiro atoms. The van der Waals surface area contributed by atoms with E-state index in [0.29, 0.717) is 19.8 Å². The van der Waals surface area contributed by atoms with Crippen LogP contribution in [0.1, 0.15) is 41.9 Å². The second kappa shape index (κ2) is 9.80. The van der Waals surface area contributed by atoms with Crippen LogP contribution >= 0.6 is 0 Å². The van der Waals surface area contributed by atoms with Crippen LogP contribution in [0.2, 0.25) is 0 Å². The van der Waals surface area contributed by atoms with Gasteiger partial charge >= 0.3 is 0 Å². The lowest BCUT2D eigenvalue weighted by atomic mass is 9.74. The summed E-state index contributed by atoms with van der Waals surface area (Å²) in [5, 5.41) is 13.6. The molecule has 4 nitrogen and oxygen atoms in total. The third-order valence-electron chi connectivity index (χ3n) is 6.36. The monoisotopic (exact) mass is 415 g/mol. The van der Waals surface area contributed by atoms with Crippen molar-refractivity contribution in [1.82, 2.24) is 5.32 Å². The van der Waals surface area contributed by atoms with Crippen molar-refractivity contribution in [2.45, 2.75) is 30.6 Å². The molecule has 3 aromatic carbocycles. The number of ether oxygens (including phenoxy) is 1. The number of hydrogen-bond acceptors (Lipinski definition) is 3. The lowest BCUT2D eigenvalue weighted by Crippen LogP contribution is -2.44. The molecule has 2 N–H and O–H groups in total. The largest absolute Gasteiger partial charge is 0.508 e. The van der Waals surface area contributed by atoms with E-state index in [1.54, 1.807) is 12.1 Å². The Morgan fingerprint density at radius 2 is 1.52 bits per heavy atom. The maximum Gasteiger partial charge on any atom is 0.220 e. The molecule has 0 aromatic heterocycles. The zero-order chi connectivity index (χ0) is 21.5. The molecule has 1 atom stereocenters. The molecule has 0 aliphatic carbocycles. The van der Waals surface area contributed by atoms with Gasteiger partial charge in [-0.2, -0.15) is 0 Å². The highest BCUT2D eigenvalue weighted by atomic mass is 16.5. The molecule has 0 saturated carbocycles. The summed E-state index contributed by atoms with van der Waals surface area (Å²) in [5.74, 6) is -0.00185. The van der Waals surface area contributed by atoms with Crippen LogP contribution in [0.25, 0.3) is 0 Å². The molecule has 0 bridgehead atoms. The predicted octanol–water partition coefficient (Wildman–Crippen LogP) is 4.78. The average molecular weight is 416 g/mol. The van der Waals surface area contributed by atoms with Crippen molar-refractivity contribution in [2.24, 2.45) is 0 Å². The predicted molar refractivity (Wildman–Crippen MR) is 122 cm³/mol. The van der Waals surface area contributed by atoms with E-state index >= 15 is 0 Å². The topological polar surface area (TPSA) is 58.6 Å². The number of benzene rings is 3. The fourth-order valence-electron chi connectivity index (χ4n) is 4.52. The van der Waals surface area contributed by atoms with E-state index in [-0.39, 0.29) is 29.4 Å². The molecule has 1 amide bonds. The number of amides is 1. The van der Waals surface area contributed by atoms with E-state index < -0.39 is 0 Å². The Labute approximate surface area is 183 Å². The lowest BCUT2D eigenvalue weighted by Gasteiger charge is -2.38. The molecule has 1 fully saturated rings. The molecular weight excluding hydrogens is 386 g/mol. The normalized spacial score (nSPS) is 16.4. The molecule has 3 aromatic rings. The van der Waals surface area contributed by atoms with E-state index in [4.69, 9.17) is 4.74 Å². The van der Waals surface area contributed by atoms with Gasteiger partial charge in [0.25, 0.3) is 0 Å². The first-order valence-electron chi connectivity index (χ1n) is 10.9. The first-order valence-corrected chi connectivity index (χ1v) is 10.9. The number of nitrogens with one attached hydrogen (secondary N) is 1. The summed E-state index contributed by atoms with van der Waals surface area (Å²) in [6, 6.07) is 27.6. The van der Waals surface area contributed by atoms with Crippen LogP contribution in [0.4, 0.5) is 0 Å². The van der Waals surface area contributed by atoms with Crippen LogP contribution in [0.3, 0.4) is 0 Å². The summed E-state index contributed by atoms with van der Waals surface area (Å²) in [7, 11) is 0. The SMILES string of the molecule is O=C(C[C@@H](c1ccccc1)c1ccccc1O)NCC1(c2ccccc2)CCOCC1. The van der Waals surface area contributed by atoms with Gasteiger partial charge in [-0.1, -0.05) is 78.9 Å². The maximum absolute atomic E-state index is 13.1. The summed E-state index contributed by atoms with van der Waals surface area (Å²) in [4.78, 5) is 13.1. The van der Waals surface area contributed by atoms with Gasteiger partial charge in [0.1, 0.15) is 5.75 Å². The highest BCUT2D eigenvalue weighted by Crippen LogP contribution is 2.36. The van der Waals surface area contributed by atoms with Crippen molar-refractivity contribution in [3.8, 4) is 5.75 Å². The minimum Gasteiger partial charge on any atom is -0.508 e. The second-order valence-electron chi connectivity index (χ2n) is 8.26. The maximum atomic E-state index is 13.1. The smallest absolute Gasteiger partial charge is 0.220 e. The molecule has 1 heterocycles. The Morgan fingerprint density at radius 1 is 0.903 bits per heavy atom. The van der Waals surface area contributed by atoms with Crippen molar-refractivity contribution in [2.75, 3.05) is 19.8 Å². The molecule has 31 heavy (non-hydrogen) atoms. The number of phenols is 1. The first kappa shape index (κ1) is 21.1. The number of para-hydroxylation sites is 1. The number of carbonyl (C=O) groups excluding carboxylic acids is 1. The quantitative estimate of drug-likeness (QED) is 0.584. The molecular formula is C27H29NO3. The molecule has 160 valence electrons. The van der Waals surface area contributed by atoms with Crippen LogP contribution in [0.15, 0.2) is 84.9 Å². The third kappa shape index (κ3) is 4.97. The highest BCUT2D eigenvalue weighted by molar-refractivity contribution is 5.78. The van der Waals surface area contributed by atoms with Crippen molar-refractivity contribution in [3.63, 3.8) is 0 Å². The minimum atomic E-state index is -0.204. The van der Waals surface area contributed by atoms with E-state index in [9.17, 15) is 9.90 Å². The number of hydrogen-bond donors (Lipinski definition) is 2. The summed E-state index contributed by atoms with van der Waals surface area (Å²) in [6.07, 6.45) is 2.06. The van der Waals surface area contributed by atoms with Gasteiger partial charge in [0.2, 0.25) is 5.91 Å². The Kier molecular flexibility index (Phi) is 6.68. The van der Waals surface area contributed by atoms with Gasteiger partial charge in [0.05, 0.1) is 0 Å². The third-order valence-corrected chi connectivity index (χ3v) is 6.36. The summed E-state index contributed by atoms with van der Waals surface area (Å²) in [5.41, 5.74) is 2.93. The van der Waals surface area contributed by atoms with Crippen molar-refractivity contribution in [1.29, 1.82) is 0 Å². The number of carbonyl (C=O) groups is 1. The van der Waals surface area contributed by atoms with Crippen LogP contribution in [0.5, 0.6) is 5.75 Å². The lowest BCUT2D eigenvalue weighted by molar-refractivity contribution is -0.121. The summed E-state index contributed by atoms with van der Waals surface area (Å²) in [6.45, 7) is 1.99. The Bertz CT molecular complexity index is 982. The van der Waals surface area contributed by atoms with Gasteiger partial charge in [-0.25, -0.2) is 0 Å². The van der Waals surface area contributed by atoms with Crippen LogP contribution in [-0.2, 0) is 14.9 Å². The molecule has 4 rings (SSSR count). The summed E-state index contributed by atoms with van der Waals surface area (Å²) < 4.78 is 5.61. The first-order chi connectivity index (χ1) is 15.2. The number of phenolic OH excluding ortho intramolecular Hbond substituents is 1. The Morgan fingerprint density at radius 3 is 2.19 bits per heavy atom. The van der Waals surface area contributed by atoms with Gasteiger partial charge in [0.15, 0.2) is 0 Å². The van der Waals surface area contributed by atoms with Crippen molar-refractivity contribution < 1.29 is 14.6 Å². The summed E-state index contributed by atoms with van der Waals surface area (Å²) >= 11 is 0. The second-order valence-corrected chi connectivity index (χ2v) is 8.26. The van der Waals surface area contributed by atoms with Gasteiger partial charge in [-0.05, 0) is 30.0 Å². The Balaban J connectivity index is 1.52. The van der Waals surface area contributed by atoms with Gasteiger partial charge in [0, 0.05) is 43.1 Å². The molecule has 0 unspecified atom stereocenters. The van der Waals surface area contributed by atoms with Crippen molar-refractivity contribution >= 4 is 5.91 Å². The van der Waals surface area contributed by atoms with E-state index in [0.717, 1.165) is 24.0 Å². The van der Waals surface area contributed by atoms with Crippen LogP contribution in [0, 0.1) is 0 Å². The zero-order valence-electron chi connectivity index (χ0n) is 17.7. The molecule has 0 radical (unpaired) electrons. The van der Waals surface area contributed by atoms with Gasteiger partial charge < -0.3 is 15.2 Å². The van der Waals surface area contributed by atoms with Crippen LogP contribution in [-0.4, -0.2) is 30.8 Å². The van der Waals surface area contributed by atoms with Gasteiger partial charge in [-0.3, -0.25) is 4.79 Å². The van der Waals surface area contributed by atoms with E-state index in [1.165, 1.54) is 5.56 Å². The van der Waals surface area contributed by atoms with E-state index in [2.05, 4.69) is 29.6 Å². The molecule has 1 aliphatic rings. The number of aromatic hydroxyl groups is 1. The fraction of sp³-hybridized carbons (Fsp3) is 0.296. The highest BCUT2D eigenvalue weighted by Gasteiger charge is 2.35. The standard InChI is InChI=1S/C27H29NO3/c29-25-14-8-7-13-23(25)24(21-9-3-1-4-10-21)19-26(30)28-20-27(15-17-31-18-16-27)22-11-5-2-6-12-22/h1-14,24,29H,15-20H2,(H,28,30)/t24-/m0/s1. The molecule has 1 saturated heterocycles. The Hall–Kier alpha value is -3.11. The molecule has 1 aliphatic heterocycles. The minimum absolute atomic E-state index is 0.0149.